The molecular formula is C12H17FN2O4S. The summed E-state index contributed by atoms with van der Waals surface area (Å²) in [7, 11) is -2.67. The molecule has 112 valence electrons. The van der Waals surface area contributed by atoms with Crippen LogP contribution in [0.2, 0.25) is 0 Å². The van der Waals surface area contributed by atoms with Crippen LogP contribution in [0.25, 0.3) is 0 Å². The second kappa shape index (κ2) is 5.55. The van der Waals surface area contributed by atoms with E-state index in [2.05, 4.69) is 4.72 Å². The number of halogens is 1. The van der Waals surface area contributed by atoms with Gasteiger partial charge in [0.1, 0.15) is 0 Å². The van der Waals surface area contributed by atoms with E-state index in [9.17, 15) is 17.9 Å². The third kappa shape index (κ3) is 3.20. The number of hydrogen-bond acceptors (Lipinski definition) is 5. The maximum atomic E-state index is 13.6. The molecule has 2 rings (SSSR count). The van der Waals surface area contributed by atoms with Gasteiger partial charge in [0, 0.05) is 6.54 Å². The highest BCUT2D eigenvalue weighted by Crippen LogP contribution is 2.32. The number of nitrogen functional groups attached to an aromatic ring is 1. The number of nitrogens with one attached hydrogen (secondary N) is 1. The number of sulfonamides is 1. The van der Waals surface area contributed by atoms with E-state index < -0.39 is 21.9 Å². The van der Waals surface area contributed by atoms with Gasteiger partial charge in [-0.2, -0.15) is 0 Å². The molecule has 1 aliphatic carbocycles. The number of rotatable bonds is 6. The molecule has 1 aromatic carbocycles. The van der Waals surface area contributed by atoms with Crippen molar-refractivity contribution in [3.63, 3.8) is 0 Å². The number of nitrogens with two attached hydrogens (primary N) is 1. The minimum atomic E-state index is -3.92. The summed E-state index contributed by atoms with van der Waals surface area (Å²) in [4.78, 5) is -0.295. The number of aliphatic hydroxyl groups excluding tert-OH is 1. The van der Waals surface area contributed by atoms with E-state index in [0.29, 0.717) is 0 Å². The number of methoxy groups -OCH3 is 1. The zero-order chi connectivity index (χ0) is 14.9. The van der Waals surface area contributed by atoms with Crippen LogP contribution in [0.15, 0.2) is 17.0 Å². The Morgan fingerprint density at radius 1 is 1.55 bits per heavy atom. The first-order valence-electron chi connectivity index (χ1n) is 6.16. The summed E-state index contributed by atoms with van der Waals surface area (Å²) in [5.41, 5.74) is 5.44. The summed E-state index contributed by atoms with van der Waals surface area (Å²) < 4.78 is 44.6. The molecule has 1 unspecified atom stereocenters. The molecule has 1 aromatic rings. The predicted octanol–water partition coefficient (Wildman–Crippen LogP) is 0.466. The largest absolute Gasteiger partial charge is 0.492 e. The second-order valence-electron chi connectivity index (χ2n) is 4.78. The van der Waals surface area contributed by atoms with E-state index in [4.69, 9.17) is 10.5 Å². The maximum Gasteiger partial charge on any atom is 0.240 e. The van der Waals surface area contributed by atoms with Crippen LogP contribution in [-0.4, -0.2) is 33.3 Å². The Hall–Kier alpha value is -1.38. The highest BCUT2D eigenvalue weighted by atomic mass is 32.2. The van der Waals surface area contributed by atoms with Crippen LogP contribution in [-0.2, 0) is 10.0 Å². The highest BCUT2D eigenvalue weighted by molar-refractivity contribution is 7.89. The van der Waals surface area contributed by atoms with Gasteiger partial charge in [0.05, 0.1) is 23.8 Å². The van der Waals surface area contributed by atoms with Gasteiger partial charge in [0.2, 0.25) is 10.0 Å². The Morgan fingerprint density at radius 2 is 2.20 bits per heavy atom. The Morgan fingerprint density at radius 3 is 2.70 bits per heavy atom. The van der Waals surface area contributed by atoms with Gasteiger partial charge >= 0.3 is 0 Å². The Bertz CT molecular complexity index is 578. The Kier molecular flexibility index (Phi) is 4.17. The minimum absolute atomic E-state index is 0.0967. The van der Waals surface area contributed by atoms with Gasteiger partial charge in [0.15, 0.2) is 11.6 Å². The fraction of sp³-hybridized carbons (Fsp3) is 0.500. The molecule has 0 spiro atoms. The number of benzene rings is 1. The van der Waals surface area contributed by atoms with Crippen LogP contribution in [0.5, 0.6) is 5.75 Å². The summed E-state index contributed by atoms with van der Waals surface area (Å²) in [6.07, 6.45) is 1.07. The molecule has 1 saturated carbocycles. The predicted molar refractivity (Wildman–Crippen MR) is 71.3 cm³/mol. The molecule has 20 heavy (non-hydrogen) atoms. The smallest absolute Gasteiger partial charge is 0.240 e. The van der Waals surface area contributed by atoms with Gasteiger partial charge in [0.25, 0.3) is 0 Å². The monoisotopic (exact) mass is 304 g/mol. The van der Waals surface area contributed by atoms with Crippen molar-refractivity contribution in [2.75, 3.05) is 19.4 Å². The molecule has 0 bridgehead atoms. The second-order valence-corrected chi connectivity index (χ2v) is 6.55. The van der Waals surface area contributed by atoms with Crippen molar-refractivity contribution in [1.82, 2.24) is 4.72 Å². The molecule has 1 atom stereocenters. The van der Waals surface area contributed by atoms with Crippen LogP contribution >= 0.6 is 0 Å². The summed E-state index contributed by atoms with van der Waals surface area (Å²) >= 11 is 0. The van der Waals surface area contributed by atoms with Crippen molar-refractivity contribution in [1.29, 1.82) is 0 Å². The molecule has 8 heteroatoms. The van der Waals surface area contributed by atoms with Crippen LogP contribution in [0.4, 0.5) is 10.1 Å². The Balaban J connectivity index is 2.16. The van der Waals surface area contributed by atoms with Gasteiger partial charge in [-0.25, -0.2) is 17.5 Å². The average Bonchev–Trinajstić information content (AvgIpc) is 3.20. The highest BCUT2D eigenvalue weighted by Gasteiger charge is 2.30. The van der Waals surface area contributed by atoms with Crippen molar-refractivity contribution in [2.24, 2.45) is 5.92 Å². The standard InChI is InChI=1S/C12H17FN2O4S/c1-19-12-9(13)4-8(5-10(12)14)20(17,18)15-6-11(16)7-2-3-7/h4-5,7,11,15-16H,2-3,6,14H2,1H3. The Labute approximate surface area is 116 Å². The first kappa shape index (κ1) is 15.0. The summed E-state index contributed by atoms with van der Waals surface area (Å²) in [5, 5.41) is 9.64. The quantitative estimate of drug-likeness (QED) is 0.663. The fourth-order valence-corrected chi connectivity index (χ4v) is 2.98. The minimum Gasteiger partial charge on any atom is -0.492 e. The molecule has 1 fully saturated rings. The summed E-state index contributed by atoms with van der Waals surface area (Å²) in [5.74, 6) is -0.895. The molecule has 0 aromatic heterocycles. The number of hydrogen-bond donors (Lipinski definition) is 3. The topological polar surface area (TPSA) is 102 Å². The van der Waals surface area contributed by atoms with Gasteiger partial charge in [-0.05, 0) is 30.9 Å². The SMILES string of the molecule is COc1c(N)cc(S(=O)(=O)NCC(O)C2CC2)cc1F. The lowest BCUT2D eigenvalue weighted by Crippen LogP contribution is -2.33. The third-order valence-corrected chi connectivity index (χ3v) is 4.61. The summed E-state index contributed by atoms with van der Waals surface area (Å²) in [6.45, 7) is -0.0967. The van der Waals surface area contributed by atoms with Crippen molar-refractivity contribution < 1.29 is 22.7 Å². The van der Waals surface area contributed by atoms with Gasteiger partial charge in [-0.3, -0.25) is 0 Å². The van der Waals surface area contributed by atoms with E-state index in [0.717, 1.165) is 25.0 Å². The van der Waals surface area contributed by atoms with Crippen molar-refractivity contribution >= 4 is 15.7 Å². The van der Waals surface area contributed by atoms with Gasteiger partial charge in [-0.1, -0.05) is 0 Å². The molecule has 0 heterocycles. The lowest BCUT2D eigenvalue weighted by Gasteiger charge is -2.13. The zero-order valence-electron chi connectivity index (χ0n) is 11.0. The molecule has 4 N–H and O–H groups in total. The first-order chi connectivity index (χ1) is 9.35. The molecule has 0 radical (unpaired) electrons. The van der Waals surface area contributed by atoms with Gasteiger partial charge in [-0.15, -0.1) is 0 Å². The number of aliphatic hydroxyl groups is 1. The molecule has 0 amide bonds. The van der Waals surface area contributed by atoms with Crippen LogP contribution in [0, 0.1) is 11.7 Å². The average molecular weight is 304 g/mol. The van der Waals surface area contributed by atoms with Crippen molar-refractivity contribution in [2.45, 2.75) is 23.8 Å². The fourth-order valence-electron chi connectivity index (χ4n) is 1.89. The normalized spacial score (nSPS) is 16.9. The van der Waals surface area contributed by atoms with E-state index in [1.807, 2.05) is 0 Å². The molecule has 6 nitrogen and oxygen atoms in total. The van der Waals surface area contributed by atoms with Crippen LogP contribution in [0.3, 0.4) is 0 Å². The van der Waals surface area contributed by atoms with Crippen molar-refractivity contribution in [3.8, 4) is 5.75 Å². The number of ether oxygens (including phenoxy) is 1. The molecular weight excluding hydrogens is 287 g/mol. The van der Waals surface area contributed by atoms with Crippen molar-refractivity contribution in [3.05, 3.63) is 17.9 Å². The third-order valence-electron chi connectivity index (χ3n) is 3.21. The van der Waals surface area contributed by atoms with Crippen LogP contribution in [0.1, 0.15) is 12.8 Å². The molecule has 0 saturated heterocycles. The number of anilines is 1. The van der Waals surface area contributed by atoms with E-state index in [-0.39, 0.29) is 28.8 Å². The van der Waals surface area contributed by atoms with Crippen LogP contribution < -0.4 is 15.2 Å². The lowest BCUT2D eigenvalue weighted by molar-refractivity contribution is 0.155. The van der Waals surface area contributed by atoms with Gasteiger partial charge < -0.3 is 15.6 Å². The maximum absolute atomic E-state index is 13.6. The van der Waals surface area contributed by atoms with E-state index >= 15 is 0 Å². The van der Waals surface area contributed by atoms with E-state index in [1.54, 1.807) is 0 Å². The molecule has 1 aliphatic rings. The first-order valence-corrected chi connectivity index (χ1v) is 7.64. The van der Waals surface area contributed by atoms with E-state index in [1.165, 1.54) is 7.11 Å². The molecule has 0 aliphatic heterocycles. The summed E-state index contributed by atoms with van der Waals surface area (Å²) in [6, 6.07) is 1.95. The zero-order valence-corrected chi connectivity index (χ0v) is 11.8. The lowest BCUT2D eigenvalue weighted by atomic mass is 10.2.